The highest BCUT2D eigenvalue weighted by Crippen LogP contribution is 2.49. The Kier molecular flexibility index (Phi) is 3.25. The van der Waals surface area contributed by atoms with Crippen molar-refractivity contribution in [2.75, 3.05) is 0 Å². The molecule has 0 bridgehead atoms. The summed E-state index contributed by atoms with van der Waals surface area (Å²) in [5.74, 6) is -0.0620. The molecule has 0 saturated carbocycles. The summed E-state index contributed by atoms with van der Waals surface area (Å²) in [5.41, 5.74) is -0.137. The Morgan fingerprint density at radius 3 is 2.28 bits per heavy atom. The molecule has 124 valence electrons. The molecule has 0 radical (unpaired) electrons. The van der Waals surface area contributed by atoms with E-state index in [4.69, 9.17) is 4.18 Å². The number of phenolic OH excluding ortho intramolecular Hbond substituents is 1. The average Bonchev–Trinajstić information content (AvgIpc) is 2.85. The first-order valence-corrected chi connectivity index (χ1v) is 8.82. The summed E-state index contributed by atoms with van der Waals surface area (Å²) in [5, 5.41) is 19.1. The molecule has 0 aromatic heterocycles. The Hall–Kier alpha value is -3.01. The van der Waals surface area contributed by atoms with E-state index < -0.39 is 15.7 Å². The fraction of sp³-hybridized carbons (Fsp3) is 0.0526. The second kappa shape index (κ2) is 5.24. The van der Waals surface area contributed by atoms with Crippen LogP contribution in [0.25, 0.3) is 0 Å². The third-order valence-corrected chi connectivity index (χ3v) is 5.52. The van der Waals surface area contributed by atoms with Gasteiger partial charge in [0, 0.05) is 11.1 Å². The minimum Gasteiger partial charge on any atom is -0.508 e. The molecule has 1 aliphatic rings. The molecule has 4 rings (SSSR count). The molecule has 6 heteroatoms. The lowest BCUT2D eigenvalue weighted by Crippen LogP contribution is -2.29. The van der Waals surface area contributed by atoms with E-state index in [0.717, 1.165) is 0 Å². The molecule has 5 nitrogen and oxygen atoms in total. The zero-order chi connectivity index (χ0) is 17.7. The molecule has 0 amide bonds. The van der Waals surface area contributed by atoms with Gasteiger partial charge in [0.15, 0.2) is 11.4 Å². The first kappa shape index (κ1) is 15.5. The molecular weight excluding hydrogens is 340 g/mol. The van der Waals surface area contributed by atoms with Crippen molar-refractivity contribution in [3.8, 4) is 11.5 Å². The molecule has 25 heavy (non-hydrogen) atoms. The number of hydrogen-bond donors (Lipinski definition) is 2. The number of phenols is 1. The summed E-state index contributed by atoms with van der Waals surface area (Å²) < 4.78 is 30.8. The lowest BCUT2D eigenvalue weighted by molar-refractivity contribution is 0.180. The van der Waals surface area contributed by atoms with E-state index in [1.165, 1.54) is 30.3 Å². The molecule has 1 heterocycles. The highest BCUT2D eigenvalue weighted by molar-refractivity contribution is 7.87. The molecule has 1 aliphatic heterocycles. The van der Waals surface area contributed by atoms with Gasteiger partial charge in [0.1, 0.15) is 10.6 Å². The van der Waals surface area contributed by atoms with Gasteiger partial charge < -0.3 is 10.2 Å². The van der Waals surface area contributed by atoms with Gasteiger partial charge in [0.25, 0.3) is 10.1 Å². The Bertz CT molecular complexity index is 992. The molecule has 1 atom stereocenters. The third kappa shape index (κ3) is 2.25. The molecule has 0 fully saturated rings. The fourth-order valence-electron chi connectivity index (χ4n) is 3.06. The second-order valence-electron chi connectivity index (χ2n) is 5.64. The maximum absolute atomic E-state index is 12.6. The van der Waals surface area contributed by atoms with Crippen molar-refractivity contribution in [3.05, 3.63) is 89.5 Å². The van der Waals surface area contributed by atoms with Crippen LogP contribution in [-0.2, 0) is 19.9 Å². The van der Waals surface area contributed by atoms with E-state index in [2.05, 4.69) is 12.1 Å². The van der Waals surface area contributed by atoms with Crippen LogP contribution in [0.15, 0.2) is 65.6 Å². The predicted molar refractivity (Wildman–Crippen MR) is 88.5 cm³/mol. The van der Waals surface area contributed by atoms with E-state index in [1.807, 2.05) is 0 Å². The van der Waals surface area contributed by atoms with Gasteiger partial charge in [-0.1, -0.05) is 36.4 Å². The molecule has 0 saturated heterocycles. The monoisotopic (exact) mass is 352 g/mol. The normalized spacial score (nSPS) is 16.8. The van der Waals surface area contributed by atoms with Crippen LogP contribution in [-0.4, -0.2) is 18.6 Å². The summed E-state index contributed by atoms with van der Waals surface area (Å²) >= 11 is 0. The topological polar surface area (TPSA) is 83.8 Å². The van der Waals surface area contributed by atoms with Gasteiger partial charge in [-0.25, -0.2) is 4.18 Å². The maximum Gasteiger partial charge on any atom is 0.298 e. The Balaban J connectivity index is 2.08. The van der Waals surface area contributed by atoms with Crippen molar-refractivity contribution >= 4 is 10.1 Å². The summed E-state index contributed by atoms with van der Waals surface area (Å²) in [7, 11) is -3.99. The standard InChI is InChI=1S/C19H12O5S/c20-15-9-5-13(6-10-15)19(14-7-11-16(21)12-8-14)17-3-1-2-4-18(17)25(22,23)24-19/h1-7,9-11,20-21H. The smallest absolute Gasteiger partial charge is 0.298 e. The predicted octanol–water partition coefficient (Wildman–Crippen LogP) is 2.71. The van der Waals surface area contributed by atoms with E-state index >= 15 is 0 Å². The van der Waals surface area contributed by atoms with Crippen LogP contribution in [0.1, 0.15) is 16.7 Å². The van der Waals surface area contributed by atoms with Crippen molar-refractivity contribution in [3.63, 3.8) is 0 Å². The summed E-state index contributed by atoms with van der Waals surface area (Å²) in [6.45, 7) is 0. The molecule has 2 N–H and O–H groups in total. The van der Waals surface area contributed by atoms with Crippen molar-refractivity contribution in [2.24, 2.45) is 0 Å². The van der Waals surface area contributed by atoms with Crippen LogP contribution < -0.4 is 0 Å². The summed E-state index contributed by atoms with van der Waals surface area (Å²) in [4.78, 5) is 0.0737. The van der Waals surface area contributed by atoms with Crippen molar-refractivity contribution in [1.82, 2.24) is 0 Å². The van der Waals surface area contributed by atoms with Gasteiger partial charge in [-0.05, 0) is 42.0 Å². The van der Waals surface area contributed by atoms with E-state index in [-0.39, 0.29) is 16.4 Å². The zero-order valence-electron chi connectivity index (χ0n) is 12.8. The molecule has 1 unspecified atom stereocenters. The number of aromatic hydroxyl groups is 2. The van der Waals surface area contributed by atoms with Crippen LogP contribution in [0.5, 0.6) is 11.5 Å². The average molecular weight is 352 g/mol. The lowest BCUT2D eigenvalue weighted by atomic mass is 9.81. The minimum absolute atomic E-state index is 0.0503. The Labute approximate surface area is 144 Å². The van der Waals surface area contributed by atoms with E-state index in [9.17, 15) is 18.6 Å². The van der Waals surface area contributed by atoms with Gasteiger partial charge in [-0.2, -0.15) is 8.42 Å². The van der Waals surface area contributed by atoms with Crippen LogP contribution in [0, 0.1) is 12.1 Å². The Morgan fingerprint density at radius 2 is 1.60 bits per heavy atom. The van der Waals surface area contributed by atoms with Crippen molar-refractivity contribution < 1.29 is 22.8 Å². The molecular formula is C19H12O5S. The number of fused-ring (bicyclic) bond motifs is 1. The minimum atomic E-state index is -3.99. The first-order valence-electron chi connectivity index (χ1n) is 7.41. The van der Waals surface area contributed by atoms with Crippen LogP contribution in [0.3, 0.4) is 0 Å². The van der Waals surface area contributed by atoms with Crippen LogP contribution >= 0.6 is 0 Å². The second-order valence-corrected chi connectivity index (χ2v) is 7.16. The zero-order valence-corrected chi connectivity index (χ0v) is 13.6. The fourth-order valence-corrected chi connectivity index (χ4v) is 4.48. The first-order chi connectivity index (χ1) is 11.9. The molecule has 3 aromatic rings. The van der Waals surface area contributed by atoms with Crippen molar-refractivity contribution in [1.29, 1.82) is 0 Å². The largest absolute Gasteiger partial charge is 0.508 e. The third-order valence-electron chi connectivity index (χ3n) is 4.16. The lowest BCUT2D eigenvalue weighted by Gasteiger charge is -2.27. The van der Waals surface area contributed by atoms with Gasteiger partial charge in [-0.15, -0.1) is 0 Å². The van der Waals surface area contributed by atoms with Crippen LogP contribution in [0.2, 0.25) is 0 Å². The Morgan fingerprint density at radius 1 is 0.880 bits per heavy atom. The molecule has 0 spiro atoms. The highest BCUT2D eigenvalue weighted by Gasteiger charge is 2.51. The molecule has 3 aromatic carbocycles. The maximum atomic E-state index is 12.6. The highest BCUT2D eigenvalue weighted by atomic mass is 32.2. The molecule has 0 aliphatic carbocycles. The SMILES string of the molecule is O=S1(=O)OC(c2c#cc(O)cc2)(c2ccc(O)cc2)c2ccccc21. The quantitative estimate of drug-likeness (QED) is 0.693. The summed E-state index contributed by atoms with van der Waals surface area (Å²) in [6, 6.07) is 20.9. The van der Waals surface area contributed by atoms with Crippen molar-refractivity contribution in [2.45, 2.75) is 10.5 Å². The van der Waals surface area contributed by atoms with Gasteiger partial charge >= 0.3 is 0 Å². The number of hydrogen-bond acceptors (Lipinski definition) is 5. The number of benzene rings is 2. The van der Waals surface area contributed by atoms with Crippen LogP contribution in [0.4, 0.5) is 0 Å². The van der Waals surface area contributed by atoms with Gasteiger partial charge in [0.05, 0.1) is 0 Å². The summed E-state index contributed by atoms with van der Waals surface area (Å²) in [6.07, 6.45) is 0. The van der Waals surface area contributed by atoms with Gasteiger partial charge in [0.2, 0.25) is 0 Å². The van der Waals surface area contributed by atoms with Gasteiger partial charge in [-0.3, -0.25) is 0 Å². The van der Waals surface area contributed by atoms with E-state index in [1.54, 1.807) is 30.3 Å². The van der Waals surface area contributed by atoms with E-state index in [0.29, 0.717) is 16.7 Å². The number of rotatable bonds is 2.